The molecule has 0 aliphatic carbocycles. The molecule has 7 nitrogen and oxygen atoms in total. The van der Waals surface area contributed by atoms with Gasteiger partial charge in [-0.2, -0.15) is 0 Å². The number of hydrogen-bond donors (Lipinski definition) is 1. The molecule has 0 saturated carbocycles. The summed E-state index contributed by atoms with van der Waals surface area (Å²) in [5.41, 5.74) is 0.399. The number of likely N-dealkylation sites (N-methyl/N-ethyl adjacent to an activating group) is 1. The van der Waals surface area contributed by atoms with E-state index in [0.717, 1.165) is 13.1 Å². The van der Waals surface area contributed by atoms with Crippen LogP contribution in [0.2, 0.25) is 0 Å². The molecule has 1 aliphatic heterocycles. The number of aryl methyl sites for hydroxylation is 1. The third-order valence-corrected chi connectivity index (χ3v) is 4.64. The Morgan fingerprint density at radius 2 is 2.16 bits per heavy atom. The number of aromatic nitrogens is 3. The summed E-state index contributed by atoms with van der Waals surface area (Å²) < 4.78 is 1.64. The van der Waals surface area contributed by atoms with Crippen LogP contribution in [0.4, 0.5) is 0 Å². The lowest BCUT2D eigenvalue weighted by atomic mass is 10.0. The lowest BCUT2D eigenvalue weighted by Gasteiger charge is -2.29. The average Bonchev–Trinajstić information content (AvgIpc) is 3.23. The van der Waals surface area contributed by atoms with E-state index in [4.69, 9.17) is 0 Å². The van der Waals surface area contributed by atoms with Crippen molar-refractivity contribution in [3.63, 3.8) is 0 Å². The van der Waals surface area contributed by atoms with Gasteiger partial charge in [0.25, 0.3) is 0 Å². The lowest BCUT2D eigenvalue weighted by Crippen LogP contribution is -2.45. The fourth-order valence-corrected chi connectivity index (χ4v) is 3.33. The summed E-state index contributed by atoms with van der Waals surface area (Å²) in [5, 5.41) is 18.4. The van der Waals surface area contributed by atoms with E-state index >= 15 is 0 Å². The maximum Gasteiger partial charge on any atom is 0.224 e. The quantitative estimate of drug-likeness (QED) is 0.804. The van der Waals surface area contributed by atoms with E-state index in [1.54, 1.807) is 29.0 Å². The maximum absolute atomic E-state index is 12.3. The molecule has 3 rings (SSSR count). The van der Waals surface area contributed by atoms with Crippen molar-refractivity contribution in [3.05, 3.63) is 48.3 Å². The Kier molecular flexibility index (Phi) is 5.45. The van der Waals surface area contributed by atoms with Crippen molar-refractivity contribution in [2.75, 3.05) is 26.7 Å². The number of amides is 1. The summed E-state index contributed by atoms with van der Waals surface area (Å²) in [7, 11) is 1.75. The number of carbonyl (C=O) groups is 1. The van der Waals surface area contributed by atoms with Crippen LogP contribution in [0.15, 0.2) is 42.7 Å². The monoisotopic (exact) mass is 343 g/mol. The molecule has 0 radical (unpaired) electrons. The molecular formula is C18H25N5O2. The third-order valence-electron chi connectivity index (χ3n) is 4.64. The first-order chi connectivity index (χ1) is 12.0. The van der Waals surface area contributed by atoms with Gasteiger partial charge in [-0.05, 0) is 12.0 Å². The van der Waals surface area contributed by atoms with Crippen molar-refractivity contribution in [2.45, 2.75) is 31.5 Å². The zero-order chi connectivity index (χ0) is 17.7. The second-order valence-corrected chi connectivity index (χ2v) is 6.84. The Hall–Kier alpha value is -2.25. The van der Waals surface area contributed by atoms with Gasteiger partial charge in [-0.25, -0.2) is 0 Å². The minimum atomic E-state index is -0.841. The summed E-state index contributed by atoms with van der Waals surface area (Å²) in [6.45, 7) is 3.11. The largest absolute Gasteiger partial charge is 0.387 e. The molecule has 2 aromatic rings. The molecule has 0 spiro atoms. The van der Waals surface area contributed by atoms with E-state index in [-0.39, 0.29) is 5.91 Å². The normalized spacial score (nSPS) is 20.7. The predicted molar refractivity (Wildman–Crippen MR) is 93.6 cm³/mol. The van der Waals surface area contributed by atoms with Gasteiger partial charge in [0, 0.05) is 39.3 Å². The van der Waals surface area contributed by atoms with Gasteiger partial charge in [-0.3, -0.25) is 14.4 Å². The Labute approximate surface area is 147 Å². The van der Waals surface area contributed by atoms with Gasteiger partial charge in [0.2, 0.25) is 5.91 Å². The molecule has 1 atom stereocenters. The zero-order valence-corrected chi connectivity index (χ0v) is 14.6. The fourth-order valence-electron chi connectivity index (χ4n) is 3.33. The number of likely N-dealkylation sites (tertiary alicyclic amines) is 1. The standard InChI is InChI=1S/C18H25N5O2/c1-21(17(24)7-10-23-12-9-19-20-23)14-18(25)8-11-22(15-18)13-16-5-3-2-4-6-16/h2-6,9,12,25H,7-8,10-11,13-15H2,1H3. The highest BCUT2D eigenvalue weighted by Crippen LogP contribution is 2.24. The fraction of sp³-hybridized carbons (Fsp3) is 0.500. The zero-order valence-electron chi connectivity index (χ0n) is 14.6. The molecule has 0 bridgehead atoms. The number of benzene rings is 1. The van der Waals surface area contributed by atoms with Crippen molar-refractivity contribution >= 4 is 5.91 Å². The Bertz CT molecular complexity index is 676. The number of hydrogen-bond acceptors (Lipinski definition) is 5. The van der Waals surface area contributed by atoms with Crippen LogP contribution in [0, 0.1) is 0 Å². The van der Waals surface area contributed by atoms with Crippen LogP contribution < -0.4 is 0 Å². The SMILES string of the molecule is CN(CC1(O)CCN(Cc2ccccc2)C1)C(=O)CCn1ccnn1. The van der Waals surface area contributed by atoms with Crippen LogP contribution in [0.25, 0.3) is 0 Å². The Morgan fingerprint density at radius 3 is 2.88 bits per heavy atom. The molecule has 7 heteroatoms. The van der Waals surface area contributed by atoms with Gasteiger partial charge in [-0.1, -0.05) is 35.5 Å². The van der Waals surface area contributed by atoms with Gasteiger partial charge in [0.05, 0.1) is 24.9 Å². The topological polar surface area (TPSA) is 74.5 Å². The van der Waals surface area contributed by atoms with E-state index < -0.39 is 5.60 Å². The number of rotatable bonds is 7. The molecule has 1 N–H and O–H groups in total. The molecule has 1 saturated heterocycles. The highest BCUT2D eigenvalue weighted by atomic mass is 16.3. The van der Waals surface area contributed by atoms with E-state index in [9.17, 15) is 9.90 Å². The smallest absolute Gasteiger partial charge is 0.224 e. The minimum absolute atomic E-state index is 0.00503. The van der Waals surface area contributed by atoms with E-state index in [0.29, 0.717) is 32.5 Å². The van der Waals surface area contributed by atoms with Crippen molar-refractivity contribution < 1.29 is 9.90 Å². The average molecular weight is 343 g/mol. The van der Waals surface area contributed by atoms with Crippen molar-refractivity contribution in [2.24, 2.45) is 0 Å². The molecular weight excluding hydrogens is 318 g/mol. The summed E-state index contributed by atoms with van der Waals surface area (Å²) in [4.78, 5) is 16.1. The van der Waals surface area contributed by atoms with E-state index in [1.165, 1.54) is 5.56 Å². The van der Waals surface area contributed by atoms with Crippen LogP contribution in [0.1, 0.15) is 18.4 Å². The second kappa shape index (κ2) is 7.76. The molecule has 25 heavy (non-hydrogen) atoms. The second-order valence-electron chi connectivity index (χ2n) is 6.84. The minimum Gasteiger partial charge on any atom is -0.387 e. The Morgan fingerprint density at radius 1 is 1.36 bits per heavy atom. The van der Waals surface area contributed by atoms with Crippen LogP contribution in [0.3, 0.4) is 0 Å². The third kappa shape index (κ3) is 4.87. The summed E-state index contributed by atoms with van der Waals surface area (Å²) in [5.74, 6) is 0.00503. The lowest BCUT2D eigenvalue weighted by molar-refractivity contribution is -0.133. The van der Waals surface area contributed by atoms with Crippen molar-refractivity contribution in [1.82, 2.24) is 24.8 Å². The summed E-state index contributed by atoms with van der Waals surface area (Å²) in [6.07, 6.45) is 4.36. The number of aliphatic hydroxyl groups is 1. The first kappa shape index (κ1) is 17.6. The predicted octanol–water partition coefficient (Wildman–Crippen LogP) is 0.764. The van der Waals surface area contributed by atoms with E-state index in [1.807, 2.05) is 18.2 Å². The molecule has 1 aromatic carbocycles. The maximum atomic E-state index is 12.3. The van der Waals surface area contributed by atoms with Crippen LogP contribution >= 0.6 is 0 Å². The van der Waals surface area contributed by atoms with Crippen molar-refractivity contribution in [3.8, 4) is 0 Å². The molecule has 2 heterocycles. The number of carbonyl (C=O) groups excluding carboxylic acids is 1. The molecule has 1 aliphatic rings. The number of nitrogens with zero attached hydrogens (tertiary/aromatic N) is 5. The summed E-state index contributed by atoms with van der Waals surface area (Å²) >= 11 is 0. The molecule has 1 amide bonds. The van der Waals surface area contributed by atoms with Gasteiger partial charge >= 0.3 is 0 Å². The van der Waals surface area contributed by atoms with E-state index in [2.05, 4.69) is 27.3 Å². The highest BCUT2D eigenvalue weighted by molar-refractivity contribution is 5.75. The van der Waals surface area contributed by atoms with Gasteiger partial charge in [0.15, 0.2) is 0 Å². The van der Waals surface area contributed by atoms with Crippen molar-refractivity contribution in [1.29, 1.82) is 0 Å². The van der Waals surface area contributed by atoms with Gasteiger partial charge in [0.1, 0.15) is 0 Å². The first-order valence-electron chi connectivity index (χ1n) is 8.61. The van der Waals surface area contributed by atoms with Crippen LogP contribution in [0.5, 0.6) is 0 Å². The van der Waals surface area contributed by atoms with Crippen LogP contribution in [-0.4, -0.2) is 68.1 Å². The molecule has 1 aromatic heterocycles. The highest BCUT2D eigenvalue weighted by Gasteiger charge is 2.37. The molecule has 134 valence electrons. The first-order valence-corrected chi connectivity index (χ1v) is 8.61. The Balaban J connectivity index is 1.47. The molecule has 1 fully saturated rings. The molecule has 1 unspecified atom stereocenters. The number of β-amino-alcohol motifs (C(OH)–C–C–N with tert-alkyl or cyclic N) is 1. The van der Waals surface area contributed by atoms with Crippen LogP contribution in [-0.2, 0) is 17.9 Å². The van der Waals surface area contributed by atoms with Gasteiger partial charge in [-0.15, -0.1) is 5.10 Å². The van der Waals surface area contributed by atoms with Gasteiger partial charge < -0.3 is 10.0 Å². The summed E-state index contributed by atoms with van der Waals surface area (Å²) in [6, 6.07) is 10.2.